The summed E-state index contributed by atoms with van der Waals surface area (Å²) in [4.78, 5) is 0.0644. The van der Waals surface area contributed by atoms with E-state index in [1.165, 1.54) is 25.3 Å². The second-order valence-electron chi connectivity index (χ2n) is 4.01. The van der Waals surface area contributed by atoms with Gasteiger partial charge in [0.2, 0.25) is 5.95 Å². The van der Waals surface area contributed by atoms with Gasteiger partial charge in [-0.1, -0.05) is 17.7 Å². The molecule has 2 aromatic rings. The molecule has 2 rings (SSSR count). The predicted octanol–water partition coefficient (Wildman–Crippen LogP) is 3.24. The van der Waals surface area contributed by atoms with Crippen LogP contribution in [0.2, 0.25) is 0 Å². The Bertz CT molecular complexity index is 690. The Morgan fingerprint density at radius 1 is 1.17 bits per heavy atom. The van der Waals surface area contributed by atoms with E-state index in [9.17, 15) is 12.8 Å². The minimum absolute atomic E-state index is 0.0644. The fraction of sp³-hybridized carbons (Fsp3) is 0.167. The number of hydrogen-bond acceptors (Lipinski definition) is 2. The van der Waals surface area contributed by atoms with Crippen LogP contribution in [0.5, 0.6) is 0 Å². The van der Waals surface area contributed by atoms with E-state index in [4.69, 9.17) is 0 Å². The van der Waals surface area contributed by atoms with Crippen LogP contribution in [0.25, 0.3) is 0 Å². The summed E-state index contributed by atoms with van der Waals surface area (Å²) in [5.41, 5.74) is 1.21. The highest BCUT2D eigenvalue weighted by molar-refractivity contribution is 9.10. The fourth-order valence-electron chi connectivity index (χ4n) is 1.52. The van der Waals surface area contributed by atoms with Crippen LogP contribution in [0.3, 0.4) is 0 Å². The van der Waals surface area contributed by atoms with Crippen LogP contribution in [0.15, 0.2) is 39.8 Å². The third kappa shape index (κ3) is 2.10. The fourth-order valence-corrected chi connectivity index (χ4v) is 3.32. The molecule has 18 heavy (non-hydrogen) atoms. The van der Waals surface area contributed by atoms with Gasteiger partial charge in [0.25, 0.3) is 10.0 Å². The summed E-state index contributed by atoms with van der Waals surface area (Å²) >= 11 is 3.12. The van der Waals surface area contributed by atoms with Crippen LogP contribution >= 0.6 is 15.9 Å². The Balaban J connectivity index is 2.61. The quantitative estimate of drug-likeness (QED) is 0.847. The highest BCUT2D eigenvalue weighted by Gasteiger charge is 2.22. The second kappa shape index (κ2) is 4.51. The van der Waals surface area contributed by atoms with Gasteiger partial charge in [0.05, 0.1) is 4.90 Å². The van der Waals surface area contributed by atoms with E-state index in [0.717, 1.165) is 5.56 Å². The van der Waals surface area contributed by atoms with Crippen molar-refractivity contribution < 1.29 is 12.8 Å². The normalized spacial score (nSPS) is 11.8. The number of aryl methyl sites for hydroxylation is 1. The maximum Gasteiger partial charge on any atom is 0.269 e. The Morgan fingerprint density at radius 3 is 2.17 bits per heavy atom. The molecule has 0 bridgehead atoms. The van der Waals surface area contributed by atoms with E-state index in [-0.39, 0.29) is 10.5 Å². The minimum atomic E-state index is -3.88. The Hall–Kier alpha value is -1.14. The van der Waals surface area contributed by atoms with Crippen molar-refractivity contribution in [2.45, 2.75) is 18.7 Å². The van der Waals surface area contributed by atoms with E-state index < -0.39 is 16.0 Å². The predicted molar refractivity (Wildman–Crippen MR) is 70.6 cm³/mol. The van der Waals surface area contributed by atoms with E-state index in [2.05, 4.69) is 15.9 Å². The number of halogens is 2. The first kappa shape index (κ1) is 13.3. The van der Waals surface area contributed by atoms with Gasteiger partial charge in [-0.05, 0) is 41.9 Å². The summed E-state index contributed by atoms with van der Waals surface area (Å²) < 4.78 is 39.4. The van der Waals surface area contributed by atoms with Crippen molar-refractivity contribution in [2.75, 3.05) is 0 Å². The van der Waals surface area contributed by atoms with Gasteiger partial charge < -0.3 is 0 Å². The van der Waals surface area contributed by atoms with Gasteiger partial charge >= 0.3 is 0 Å². The molecule has 0 radical (unpaired) electrons. The SMILES string of the molecule is Cc1ccc(S(=O)(=O)n2cc(Br)c(C)c2F)cc1. The van der Waals surface area contributed by atoms with Crippen LogP contribution in [-0.4, -0.2) is 12.4 Å². The molecule has 6 heteroatoms. The molecular formula is C12H11BrFNO2S. The number of aromatic nitrogens is 1. The Kier molecular flexibility index (Phi) is 3.33. The van der Waals surface area contributed by atoms with Crippen molar-refractivity contribution in [3.8, 4) is 0 Å². The third-order valence-electron chi connectivity index (χ3n) is 2.67. The van der Waals surface area contributed by atoms with Crippen LogP contribution < -0.4 is 0 Å². The monoisotopic (exact) mass is 331 g/mol. The lowest BCUT2D eigenvalue weighted by Gasteiger charge is -2.06. The molecule has 0 aliphatic carbocycles. The molecule has 96 valence electrons. The van der Waals surface area contributed by atoms with Crippen molar-refractivity contribution >= 4 is 26.0 Å². The lowest BCUT2D eigenvalue weighted by molar-refractivity contribution is 0.537. The highest BCUT2D eigenvalue weighted by atomic mass is 79.9. The van der Waals surface area contributed by atoms with Crippen molar-refractivity contribution in [3.63, 3.8) is 0 Å². The summed E-state index contributed by atoms with van der Waals surface area (Å²) in [6.45, 7) is 3.37. The molecule has 0 saturated heterocycles. The van der Waals surface area contributed by atoms with Gasteiger partial charge in [0.15, 0.2) is 0 Å². The molecule has 0 aliphatic rings. The Labute approximate surface area is 113 Å². The van der Waals surface area contributed by atoms with Crippen LogP contribution in [0, 0.1) is 19.8 Å². The number of nitrogens with zero attached hydrogens (tertiary/aromatic N) is 1. The highest BCUT2D eigenvalue weighted by Crippen LogP contribution is 2.25. The molecular weight excluding hydrogens is 321 g/mol. The smallest absolute Gasteiger partial charge is 0.215 e. The molecule has 1 heterocycles. The van der Waals surface area contributed by atoms with Crippen molar-refractivity contribution in [1.29, 1.82) is 0 Å². The van der Waals surface area contributed by atoms with Gasteiger partial charge in [-0.3, -0.25) is 0 Å². The standard InChI is InChI=1S/C12H11BrFNO2S/c1-8-3-5-10(6-4-8)18(16,17)15-7-11(13)9(2)12(15)14/h3-7H,1-2H3. The van der Waals surface area contributed by atoms with E-state index in [1.54, 1.807) is 12.1 Å². The molecule has 0 atom stereocenters. The average molecular weight is 332 g/mol. The van der Waals surface area contributed by atoms with Crippen LogP contribution in [0.4, 0.5) is 4.39 Å². The van der Waals surface area contributed by atoms with E-state index in [0.29, 0.717) is 8.45 Å². The van der Waals surface area contributed by atoms with E-state index >= 15 is 0 Å². The van der Waals surface area contributed by atoms with Gasteiger partial charge in [-0.25, -0.2) is 12.4 Å². The Morgan fingerprint density at radius 2 is 1.72 bits per heavy atom. The first-order chi connectivity index (χ1) is 8.34. The summed E-state index contributed by atoms with van der Waals surface area (Å²) in [5, 5.41) is 0. The maximum atomic E-state index is 13.8. The summed E-state index contributed by atoms with van der Waals surface area (Å²) in [6, 6.07) is 6.28. The number of benzene rings is 1. The zero-order valence-electron chi connectivity index (χ0n) is 9.81. The molecule has 0 amide bonds. The van der Waals surface area contributed by atoms with Crippen molar-refractivity contribution in [3.05, 3.63) is 52.0 Å². The first-order valence-electron chi connectivity index (χ1n) is 5.19. The maximum absolute atomic E-state index is 13.8. The molecule has 0 fully saturated rings. The zero-order valence-corrected chi connectivity index (χ0v) is 12.2. The van der Waals surface area contributed by atoms with Gasteiger partial charge in [-0.2, -0.15) is 4.39 Å². The topological polar surface area (TPSA) is 39.1 Å². The molecule has 0 aliphatic heterocycles. The molecule has 0 unspecified atom stereocenters. The number of rotatable bonds is 2. The number of hydrogen-bond donors (Lipinski definition) is 0. The molecule has 3 nitrogen and oxygen atoms in total. The van der Waals surface area contributed by atoms with Gasteiger partial charge in [-0.15, -0.1) is 0 Å². The van der Waals surface area contributed by atoms with Gasteiger partial charge in [0.1, 0.15) is 0 Å². The second-order valence-corrected chi connectivity index (χ2v) is 6.68. The molecule has 0 spiro atoms. The summed E-state index contributed by atoms with van der Waals surface area (Å²) in [5.74, 6) is -0.776. The molecule has 1 aromatic heterocycles. The summed E-state index contributed by atoms with van der Waals surface area (Å²) in [7, 11) is -3.88. The molecule has 1 aromatic carbocycles. The lowest BCUT2D eigenvalue weighted by Crippen LogP contribution is -2.14. The first-order valence-corrected chi connectivity index (χ1v) is 7.42. The van der Waals surface area contributed by atoms with Crippen LogP contribution in [0.1, 0.15) is 11.1 Å². The van der Waals surface area contributed by atoms with Crippen molar-refractivity contribution in [2.24, 2.45) is 0 Å². The van der Waals surface area contributed by atoms with Gasteiger partial charge in [0, 0.05) is 16.2 Å². The minimum Gasteiger partial charge on any atom is -0.215 e. The lowest BCUT2D eigenvalue weighted by atomic mass is 10.2. The molecule has 0 N–H and O–H groups in total. The molecule has 0 saturated carbocycles. The third-order valence-corrected chi connectivity index (χ3v) is 5.12. The summed E-state index contributed by atoms with van der Waals surface area (Å²) in [6.07, 6.45) is 1.22. The van der Waals surface area contributed by atoms with E-state index in [1.807, 2.05) is 6.92 Å². The van der Waals surface area contributed by atoms with Crippen LogP contribution in [-0.2, 0) is 10.0 Å². The zero-order chi connectivity index (χ0) is 13.5. The largest absolute Gasteiger partial charge is 0.269 e. The average Bonchev–Trinajstić information content (AvgIpc) is 2.58. The van der Waals surface area contributed by atoms with Crippen molar-refractivity contribution in [1.82, 2.24) is 3.97 Å².